The standard InChI is InChI=1S/C14H9BrClF3N2O2/c15-9-2-4-13(23)21(6-9)7-12(22)20-11-5-8(14(17,18)19)1-3-10(11)16/h1-6H,7H2,(H,20,22). The van der Waals surface area contributed by atoms with Crippen molar-refractivity contribution in [3.05, 3.63) is 61.9 Å². The highest BCUT2D eigenvalue weighted by Gasteiger charge is 2.31. The Morgan fingerprint density at radius 2 is 1.96 bits per heavy atom. The molecule has 0 atom stereocenters. The van der Waals surface area contributed by atoms with E-state index in [1.165, 1.54) is 18.3 Å². The first-order valence-electron chi connectivity index (χ1n) is 6.19. The van der Waals surface area contributed by atoms with Crippen molar-refractivity contribution in [2.75, 3.05) is 5.32 Å². The fourth-order valence-electron chi connectivity index (χ4n) is 1.77. The molecule has 0 saturated heterocycles. The maximum Gasteiger partial charge on any atom is 0.416 e. The molecule has 4 nitrogen and oxygen atoms in total. The summed E-state index contributed by atoms with van der Waals surface area (Å²) < 4.78 is 39.7. The lowest BCUT2D eigenvalue weighted by atomic mass is 10.2. The number of carbonyl (C=O) groups is 1. The third-order valence-corrected chi connectivity index (χ3v) is 3.63. The topological polar surface area (TPSA) is 51.1 Å². The van der Waals surface area contributed by atoms with E-state index in [0.717, 1.165) is 22.8 Å². The summed E-state index contributed by atoms with van der Waals surface area (Å²) in [5, 5.41) is 2.24. The average Bonchev–Trinajstić information content (AvgIpc) is 2.44. The van der Waals surface area contributed by atoms with Gasteiger partial charge in [-0.3, -0.25) is 9.59 Å². The molecule has 0 aliphatic rings. The van der Waals surface area contributed by atoms with Gasteiger partial charge in [0.05, 0.1) is 16.3 Å². The highest BCUT2D eigenvalue weighted by atomic mass is 79.9. The largest absolute Gasteiger partial charge is 0.416 e. The molecule has 0 aliphatic heterocycles. The minimum absolute atomic E-state index is 0.0343. The van der Waals surface area contributed by atoms with Gasteiger partial charge in [0, 0.05) is 16.7 Å². The van der Waals surface area contributed by atoms with Crippen LogP contribution in [0, 0.1) is 0 Å². The van der Waals surface area contributed by atoms with Crippen molar-refractivity contribution >= 4 is 39.1 Å². The summed E-state index contributed by atoms with van der Waals surface area (Å²) in [4.78, 5) is 23.5. The first-order chi connectivity index (χ1) is 10.7. The fourth-order valence-corrected chi connectivity index (χ4v) is 2.31. The van der Waals surface area contributed by atoms with Gasteiger partial charge in [0.1, 0.15) is 6.54 Å². The second-order valence-electron chi connectivity index (χ2n) is 4.55. The molecule has 122 valence electrons. The van der Waals surface area contributed by atoms with Gasteiger partial charge in [-0.2, -0.15) is 13.2 Å². The predicted octanol–water partition coefficient (Wildman–Crippen LogP) is 3.92. The maximum absolute atomic E-state index is 12.7. The first-order valence-corrected chi connectivity index (χ1v) is 7.36. The van der Waals surface area contributed by atoms with Gasteiger partial charge in [0.2, 0.25) is 5.91 Å². The zero-order valence-corrected chi connectivity index (χ0v) is 13.7. The van der Waals surface area contributed by atoms with Crippen LogP contribution in [-0.2, 0) is 17.5 Å². The number of aromatic nitrogens is 1. The Hall–Kier alpha value is -1.80. The lowest BCUT2D eigenvalue weighted by molar-refractivity contribution is -0.137. The van der Waals surface area contributed by atoms with E-state index in [1.807, 2.05) is 0 Å². The van der Waals surface area contributed by atoms with Gasteiger partial charge in [-0.1, -0.05) is 11.6 Å². The molecule has 0 aliphatic carbocycles. The quantitative estimate of drug-likeness (QED) is 0.835. The predicted molar refractivity (Wildman–Crippen MR) is 83.5 cm³/mol. The van der Waals surface area contributed by atoms with Gasteiger partial charge >= 0.3 is 6.18 Å². The number of hydrogen-bond acceptors (Lipinski definition) is 2. The van der Waals surface area contributed by atoms with Crippen molar-refractivity contribution in [2.45, 2.75) is 12.7 Å². The highest BCUT2D eigenvalue weighted by molar-refractivity contribution is 9.10. The van der Waals surface area contributed by atoms with Crippen LogP contribution in [0.3, 0.4) is 0 Å². The monoisotopic (exact) mass is 408 g/mol. The molecule has 1 amide bonds. The number of nitrogens with one attached hydrogen (secondary N) is 1. The lowest BCUT2D eigenvalue weighted by Gasteiger charge is -2.12. The van der Waals surface area contributed by atoms with Crippen molar-refractivity contribution in [1.29, 1.82) is 0 Å². The Morgan fingerprint density at radius 3 is 2.61 bits per heavy atom. The summed E-state index contributed by atoms with van der Waals surface area (Å²) in [5.41, 5.74) is -1.52. The third-order valence-electron chi connectivity index (χ3n) is 2.83. The van der Waals surface area contributed by atoms with E-state index in [4.69, 9.17) is 11.6 Å². The fraction of sp³-hybridized carbons (Fsp3) is 0.143. The molecule has 0 saturated carbocycles. The summed E-state index contributed by atoms with van der Waals surface area (Å²) in [6, 6.07) is 5.38. The van der Waals surface area contributed by atoms with Crippen molar-refractivity contribution in [3.8, 4) is 0 Å². The molecule has 0 spiro atoms. The van der Waals surface area contributed by atoms with E-state index in [0.29, 0.717) is 4.47 Å². The van der Waals surface area contributed by atoms with E-state index in [-0.39, 0.29) is 17.3 Å². The average molecular weight is 410 g/mol. The number of rotatable bonds is 3. The van der Waals surface area contributed by atoms with E-state index >= 15 is 0 Å². The van der Waals surface area contributed by atoms with E-state index in [1.54, 1.807) is 0 Å². The van der Waals surface area contributed by atoms with Crippen LogP contribution in [0.2, 0.25) is 5.02 Å². The van der Waals surface area contributed by atoms with Crippen LogP contribution in [0.25, 0.3) is 0 Å². The molecule has 1 N–H and O–H groups in total. The van der Waals surface area contributed by atoms with Crippen molar-refractivity contribution < 1.29 is 18.0 Å². The van der Waals surface area contributed by atoms with Crippen LogP contribution >= 0.6 is 27.5 Å². The Morgan fingerprint density at radius 1 is 1.26 bits per heavy atom. The molecule has 2 aromatic rings. The molecule has 2 rings (SSSR count). The van der Waals surface area contributed by atoms with Crippen molar-refractivity contribution in [3.63, 3.8) is 0 Å². The molecule has 0 unspecified atom stereocenters. The zero-order chi connectivity index (χ0) is 17.2. The second kappa shape index (κ2) is 6.76. The zero-order valence-electron chi connectivity index (χ0n) is 11.3. The molecule has 9 heteroatoms. The molecular formula is C14H9BrClF3N2O2. The number of amides is 1. The van der Waals surface area contributed by atoms with Crippen LogP contribution in [0.15, 0.2) is 45.8 Å². The second-order valence-corrected chi connectivity index (χ2v) is 5.88. The summed E-state index contributed by atoms with van der Waals surface area (Å²) in [7, 11) is 0. The van der Waals surface area contributed by atoms with Gasteiger partial charge < -0.3 is 9.88 Å². The van der Waals surface area contributed by atoms with E-state index in [9.17, 15) is 22.8 Å². The number of anilines is 1. The Labute approximate surface area is 142 Å². The number of carbonyl (C=O) groups excluding carboxylic acids is 1. The Kier molecular flexibility index (Phi) is 5.16. The Balaban J connectivity index is 2.20. The van der Waals surface area contributed by atoms with Crippen LogP contribution in [0.5, 0.6) is 0 Å². The molecule has 0 bridgehead atoms. The number of nitrogens with zero attached hydrogens (tertiary/aromatic N) is 1. The summed E-state index contributed by atoms with van der Waals surface area (Å²) >= 11 is 8.95. The van der Waals surface area contributed by atoms with Gasteiger partial charge in [-0.25, -0.2) is 0 Å². The smallest absolute Gasteiger partial charge is 0.323 e. The minimum Gasteiger partial charge on any atom is -0.323 e. The third kappa shape index (κ3) is 4.59. The van der Waals surface area contributed by atoms with Crippen molar-refractivity contribution in [2.24, 2.45) is 0 Å². The number of hydrogen-bond donors (Lipinski definition) is 1. The molecule has 1 heterocycles. The minimum atomic E-state index is -4.55. The van der Waals surface area contributed by atoms with Crippen LogP contribution in [0.1, 0.15) is 5.56 Å². The van der Waals surface area contributed by atoms with Crippen LogP contribution < -0.4 is 10.9 Å². The molecular weight excluding hydrogens is 401 g/mol. The Bertz CT molecular complexity index is 805. The van der Waals surface area contributed by atoms with E-state index < -0.39 is 23.2 Å². The lowest BCUT2D eigenvalue weighted by Crippen LogP contribution is -2.26. The van der Waals surface area contributed by atoms with Crippen molar-refractivity contribution in [1.82, 2.24) is 4.57 Å². The molecule has 1 aromatic heterocycles. The van der Waals surface area contributed by atoms with Crippen LogP contribution in [-0.4, -0.2) is 10.5 Å². The summed E-state index contributed by atoms with van der Waals surface area (Å²) in [6.07, 6.45) is -3.15. The number of alkyl halides is 3. The van der Waals surface area contributed by atoms with Gasteiger partial charge in [0.25, 0.3) is 5.56 Å². The van der Waals surface area contributed by atoms with Gasteiger partial charge in [-0.05, 0) is 40.2 Å². The number of pyridine rings is 1. The maximum atomic E-state index is 12.7. The molecule has 0 radical (unpaired) electrons. The molecule has 1 aromatic carbocycles. The van der Waals surface area contributed by atoms with E-state index in [2.05, 4.69) is 21.2 Å². The van der Waals surface area contributed by atoms with Gasteiger partial charge in [-0.15, -0.1) is 0 Å². The van der Waals surface area contributed by atoms with Crippen LogP contribution in [0.4, 0.5) is 18.9 Å². The molecule has 23 heavy (non-hydrogen) atoms. The number of benzene rings is 1. The summed E-state index contributed by atoms with van der Waals surface area (Å²) in [5.74, 6) is -0.675. The first kappa shape index (κ1) is 17.6. The highest BCUT2D eigenvalue weighted by Crippen LogP contribution is 2.33. The molecule has 0 fully saturated rings. The normalized spacial score (nSPS) is 11.3. The number of halogens is 5. The SMILES string of the molecule is O=C(Cn1cc(Br)ccc1=O)Nc1cc(C(F)(F)F)ccc1Cl. The summed E-state index contributed by atoms with van der Waals surface area (Å²) in [6.45, 7) is -0.356. The van der Waals surface area contributed by atoms with Gasteiger partial charge in [0.15, 0.2) is 0 Å².